The Kier molecular flexibility index (Phi) is 7.73. The number of nitrogens with zero attached hydrogens (tertiary/aromatic N) is 4. The minimum absolute atomic E-state index is 0.0685. The summed E-state index contributed by atoms with van der Waals surface area (Å²) in [4.78, 5) is 24.2. The Morgan fingerprint density at radius 1 is 1.17 bits per heavy atom. The molecule has 2 aliphatic heterocycles. The predicted octanol–water partition coefficient (Wildman–Crippen LogP) is 3.88. The number of halogens is 1. The first kappa shape index (κ1) is 25.2. The Hall–Kier alpha value is -2.95. The lowest BCUT2D eigenvalue weighted by atomic mass is 10.1. The zero-order valence-corrected chi connectivity index (χ0v) is 20.9. The summed E-state index contributed by atoms with van der Waals surface area (Å²) in [6.07, 6.45) is 6.95. The molecule has 1 fully saturated rings. The van der Waals surface area contributed by atoms with Crippen LogP contribution in [0.5, 0.6) is 5.88 Å². The molecule has 0 unspecified atom stereocenters. The quantitative estimate of drug-likeness (QED) is 0.497. The molecular formula is C24H31FN4O5S. The number of aromatic nitrogens is 2. The number of benzene rings is 1. The number of carbonyl (C=O) groups is 1. The van der Waals surface area contributed by atoms with Gasteiger partial charge in [-0.05, 0) is 31.0 Å². The number of fused-ring (bicyclic) bond motifs is 1. The van der Waals surface area contributed by atoms with E-state index >= 15 is 0 Å². The molecule has 11 heteroatoms. The predicted molar refractivity (Wildman–Crippen MR) is 128 cm³/mol. The molecule has 190 valence electrons. The highest BCUT2D eigenvalue weighted by atomic mass is 32.2. The molecule has 0 radical (unpaired) electrons. The number of hydrogen-bond donors (Lipinski definition) is 0. The summed E-state index contributed by atoms with van der Waals surface area (Å²) in [6, 6.07) is 3.89. The van der Waals surface area contributed by atoms with E-state index in [2.05, 4.69) is 16.9 Å². The lowest BCUT2D eigenvalue weighted by Crippen LogP contribution is -2.42. The van der Waals surface area contributed by atoms with E-state index in [1.165, 1.54) is 18.5 Å². The Labute approximate surface area is 205 Å². The minimum Gasteiger partial charge on any atom is -0.474 e. The van der Waals surface area contributed by atoms with Gasteiger partial charge in [-0.25, -0.2) is 27.6 Å². The summed E-state index contributed by atoms with van der Waals surface area (Å²) in [5.74, 6) is 0.385. The topological polar surface area (TPSA) is 102 Å². The van der Waals surface area contributed by atoms with Crippen LogP contribution in [0.2, 0.25) is 0 Å². The standard InChI is InChI=1S/C24H31FN4O5S/c1-3-4-5-14-33-24(30)28-11-8-17(9-12-28)34-23-19-10-13-29(22(19)26-16-27-23)21-7-6-18(15-20(21)25)35(2,31)32/h6-7,15-17H,3-5,8-14H2,1-2H3. The number of unbranched alkanes of at least 4 members (excludes halogenated alkanes) is 2. The van der Waals surface area contributed by atoms with Crippen molar-refractivity contribution in [3.63, 3.8) is 0 Å². The molecule has 35 heavy (non-hydrogen) atoms. The lowest BCUT2D eigenvalue weighted by Gasteiger charge is -2.31. The Morgan fingerprint density at radius 3 is 2.63 bits per heavy atom. The minimum atomic E-state index is -3.50. The summed E-state index contributed by atoms with van der Waals surface area (Å²) in [7, 11) is -3.50. The molecular weight excluding hydrogens is 475 g/mol. The van der Waals surface area contributed by atoms with Crippen LogP contribution in [0.15, 0.2) is 29.4 Å². The summed E-state index contributed by atoms with van der Waals surface area (Å²) >= 11 is 0. The molecule has 1 amide bonds. The fourth-order valence-corrected chi connectivity index (χ4v) is 4.99. The molecule has 0 saturated carbocycles. The van der Waals surface area contributed by atoms with Gasteiger partial charge in [0.15, 0.2) is 9.84 Å². The highest BCUT2D eigenvalue weighted by Crippen LogP contribution is 2.38. The van der Waals surface area contributed by atoms with Crippen LogP contribution >= 0.6 is 0 Å². The van der Waals surface area contributed by atoms with E-state index in [4.69, 9.17) is 9.47 Å². The van der Waals surface area contributed by atoms with Crippen molar-refractivity contribution in [2.24, 2.45) is 0 Å². The van der Waals surface area contributed by atoms with Gasteiger partial charge in [-0.1, -0.05) is 19.8 Å². The van der Waals surface area contributed by atoms with Gasteiger partial charge in [0.05, 0.1) is 22.8 Å². The first-order valence-electron chi connectivity index (χ1n) is 12.0. The van der Waals surface area contributed by atoms with Crippen molar-refractivity contribution in [3.05, 3.63) is 35.9 Å². The molecule has 2 aliphatic rings. The van der Waals surface area contributed by atoms with Gasteiger partial charge < -0.3 is 19.3 Å². The molecule has 0 spiro atoms. The molecule has 2 aromatic rings. The zero-order valence-electron chi connectivity index (χ0n) is 20.1. The first-order chi connectivity index (χ1) is 16.8. The average molecular weight is 507 g/mol. The number of sulfone groups is 1. The van der Waals surface area contributed by atoms with Crippen molar-refractivity contribution in [2.45, 2.75) is 56.4 Å². The van der Waals surface area contributed by atoms with Crippen LogP contribution in [0, 0.1) is 5.82 Å². The second-order valence-electron chi connectivity index (χ2n) is 8.89. The number of ether oxygens (including phenoxy) is 2. The average Bonchev–Trinajstić information content (AvgIpc) is 3.26. The van der Waals surface area contributed by atoms with Crippen LogP contribution in [0.25, 0.3) is 0 Å². The second kappa shape index (κ2) is 10.8. The lowest BCUT2D eigenvalue weighted by molar-refractivity contribution is 0.0651. The SMILES string of the molecule is CCCCCOC(=O)N1CCC(Oc2ncnc3c2CCN3c2ccc(S(C)(=O)=O)cc2F)CC1. The van der Waals surface area contributed by atoms with E-state index in [-0.39, 0.29) is 22.8 Å². The number of hydrogen-bond acceptors (Lipinski definition) is 8. The van der Waals surface area contributed by atoms with Gasteiger partial charge in [0.2, 0.25) is 5.88 Å². The third kappa shape index (κ3) is 5.83. The third-order valence-electron chi connectivity index (χ3n) is 6.31. The summed E-state index contributed by atoms with van der Waals surface area (Å²) < 4.78 is 49.8. The van der Waals surface area contributed by atoms with E-state index in [1.54, 1.807) is 9.80 Å². The molecule has 1 aromatic carbocycles. The maximum atomic E-state index is 14.8. The van der Waals surface area contributed by atoms with Gasteiger partial charge in [0.25, 0.3) is 0 Å². The second-order valence-corrected chi connectivity index (χ2v) is 10.9. The fourth-order valence-electron chi connectivity index (χ4n) is 4.36. The van der Waals surface area contributed by atoms with Gasteiger partial charge in [-0.2, -0.15) is 0 Å². The van der Waals surface area contributed by atoms with E-state index in [0.29, 0.717) is 57.2 Å². The highest BCUT2D eigenvalue weighted by molar-refractivity contribution is 7.90. The molecule has 0 aliphatic carbocycles. The number of likely N-dealkylation sites (tertiary alicyclic amines) is 1. The maximum absolute atomic E-state index is 14.8. The molecule has 4 rings (SSSR count). The van der Waals surface area contributed by atoms with Crippen molar-refractivity contribution >= 4 is 27.4 Å². The van der Waals surface area contributed by atoms with Gasteiger partial charge in [0.1, 0.15) is 24.1 Å². The largest absolute Gasteiger partial charge is 0.474 e. The highest BCUT2D eigenvalue weighted by Gasteiger charge is 2.31. The summed E-state index contributed by atoms with van der Waals surface area (Å²) in [5.41, 5.74) is 1.04. The summed E-state index contributed by atoms with van der Waals surface area (Å²) in [5, 5.41) is 0. The van der Waals surface area contributed by atoms with Gasteiger partial charge in [-0.15, -0.1) is 0 Å². The van der Waals surface area contributed by atoms with E-state index in [0.717, 1.165) is 37.1 Å². The van der Waals surface area contributed by atoms with Crippen molar-refractivity contribution in [2.75, 3.05) is 37.4 Å². The van der Waals surface area contributed by atoms with Crippen molar-refractivity contribution in [1.82, 2.24) is 14.9 Å². The van der Waals surface area contributed by atoms with Crippen LogP contribution in [-0.2, 0) is 21.0 Å². The van der Waals surface area contributed by atoms with Gasteiger partial charge in [0, 0.05) is 38.7 Å². The van der Waals surface area contributed by atoms with Gasteiger partial charge in [-0.3, -0.25) is 0 Å². The van der Waals surface area contributed by atoms with Crippen LogP contribution in [0.4, 0.5) is 20.7 Å². The monoisotopic (exact) mass is 506 g/mol. The number of anilines is 2. The van der Waals surface area contributed by atoms with Crippen LogP contribution in [0.3, 0.4) is 0 Å². The van der Waals surface area contributed by atoms with Crippen molar-refractivity contribution in [1.29, 1.82) is 0 Å². The molecule has 0 bridgehead atoms. The van der Waals surface area contributed by atoms with Crippen molar-refractivity contribution < 1.29 is 27.1 Å². The van der Waals surface area contributed by atoms with E-state index < -0.39 is 15.7 Å². The van der Waals surface area contributed by atoms with E-state index in [9.17, 15) is 17.6 Å². The fraction of sp³-hybridized carbons (Fsp3) is 0.542. The Morgan fingerprint density at radius 2 is 1.94 bits per heavy atom. The van der Waals surface area contributed by atoms with Crippen LogP contribution in [0.1, 0.15) is 44.6 Å². The van der Waals surface area contributed by atoms with Crippen LogP contribution < -0.4 is 9.64 Å². The number of carbonyl (C=O) groups excluding carboxylic acids is 1. The molecule has 1 aromatic heterocycles. The number of amides is 1. The number of piperidine rings is 1. The summed E-state index contributed by atoms with van der Waals surface area (Å²) in [6.45, 7) is 4.13. The molecule has 1 saturated heterocycles. The third-order valence-corrected chi connectivity index (χ3v) is 7.42. The zero-order chi connectivity index (χ0) is 25.0. The molecule has 3 heterocycles. The Bertz CT molecular complexity index is 1170. The van der Waals surface area contributed by atoms with Gasteiger partial charge >= 0.3 is 6.09 Å². The molecule has 0 atom stereocenters. The van der Waals surface area contributed by atoms with Crippen molar-refractivity contribution in [3.8, 4) is 5.88 Å². The number of rotatable bonds is 8. The Balaban J connectivity index is 1.39. The molecule has 0 N–H and O–H groups in total. The normalized spacial score (nSPS) is 16.3. The van der Waals surface area contributed by atoms with E-state index in [1.807, 2.05) is 0 Å². The maximum Gasteiger partial charge on any atom is 0.409 e. The molecule has 9 nitrogen and oxygen atoms in total. The van der Waals surface area contributed by atoms with Crippen LogP contribution in [-0.4, -0.2) is 68.0 Å². The smallest absolute Gasteiger partial charge is 0.409 e. The first-order valence-corrected chi connectivity index (χ1v) is 13.9.